The van der Waals surface area contributed by atoms with Gasteiger partial charge in [0.25, 0.3) is 0 Å². The highest BCUT2D eigenvalue weighted by atomic mass is 35.5. The number of hydrogen-bond donors (Lipinski definition) is 1. The van der Waals surface area contributed by atoms with E-state index in [9.17, 15) is 0 Å². The van der Waals surface area contributed by atoms with Gasteiger partial charge in [0.05, 0.1) is 0 Å². The fraction of sp³-hybridized carbons (Fsp3) is 0.300. The average Bonchev–Trinajstić information content (AvgIpc) is 2.04. The Balaban J connectivity index is 3.14. The highest BCUT2D eigenvalue weighted by Gasteiger charge is 2.07. The summed E-state index contributed by atoms with van der Waals surface area (Å²) in [5, 5.41) is 9.46. The third-order valence-corrected chi connectivity index (χ3v) is 2.26. The van der Waals surface area contributed by atoms with Crippen LogP contribution < -0.4 is 0 Å². The molecule has 0 fully saturated rings. The minimum atomic E-state index is 0.386. The van der Waals surface area contributed by atoms with E-state index in [2.05, 4.69) is 13.8 Å². The summed E-state index contributed by atoms with van der Waals surface area (Å²) in [7, 11) is 0. The zero-order valence-corrected chi connectivity index (χ0v) is 7.97. The molecule has 1 nitrogen and oxygen atoms in total. The molecule has 12 heavy (non-hydrogen) atoms. The maximum atomic E-state index is 8.82. The summed E-state index contributed by atoms with van der Waals surface area (Å²) in [6.45, 7) is 5.18. The van der Waals surface area contributed by atoms with Crippen LogP contribution in [0.4, 0.5) is 0 Å². The van der Waals surface area contributed by atoms with Gasteiger partial charge in [0.15, 0.2) is 0 Å². The first-order chi connectivity index (χ1) is 5.66. The summed E-state index contributed by atoms with van der Waals surface area (Å²) in [4.78, 5) is 0. The number of benzene rings is 1. The van der Waals surface area contributed by atoms with Crippen molar-refractivity contribution in [1.82, 2.24) is 0 Å². The number of halogens is 1. The second-order valence-corrected chi connectivity index (χ2v) is 3.41. The van der Waals surface area contributed by atoms with Crippen molar-refractivity contribution in [1.29, 1.82) is 0 Å². The first kappa shape index (κ1) is 9.56. The van der Waals surface area contributed by atoms with Crippen molar-refractivity contribution < 1.29 is 5.11 Å². The molecule has 0 unspecified atom stereocenters. The Labute approximate surface area is 78.0 Å². The van der Waals surface area contributed by atoms with E-state index in [0.717, 1.165) is 12.2 Å². The highest BCUT2D eigenvalue weighted by molar-refractivity contribution is 6.32. The molecule has 2 heteroatoms. The number of aliphatic hydroxyl groups is 1. The monoisotopic (exact) mass is 183 g/mol. The fourth-order valence-corrected chi connectivity index (χ4v) is 1.51. The Morgan fingerprint density at radius 2 is 2.08 bits per heavy atom. The molecular formula is C10H12ClO. The van der Waals surface area contributed by atoms with E-state index in [1.807, 2.05) is 12.1 Å². The smallest absolute Gasteiger partial charge is 0.111 e. The van der Waals surface area contributed by atoms with Crippen LogP contribution in [0, 0.1) is 6.61 Å². The highest BCUT2D eigenvalue weighted by Crippen LogP contribution is 2.27. The Hall–Kier alpha value is -0.530. The third-order valence-electron chi connectivity index (χ3n) is 1.82. The lowest BCUT2D eigenvalue weighted by Crippen LogP contribution is -1.92. The third kappa shape index (κ3) is 1.79. The Morgan fingerprint density at radius 1 is 1.42 bits per heavy atom. The van der Waals surface area contributed by atoms with E-state index in [0.29, 0.717) is 16.5 Å². The summed E-state index contributed by atoms with van der Waals surface area (Å²) in [6, 6.07) is 5.65. The van der Waals surface area contributed by atoms with Gasteiger partial charge in [-0.15, -0.1) is 0 Å². The molecule has 0 saturated carbocycles. The molecule has 0 heterocycles. The van der Waals surface area contributed by atoms with Gasteiger partial charge in [0, 0.05) is 10.6 Å². The fourth-order valence-electron chi connectivity index (χ4n) is 1.11. The molecule has 1 aromatic carbocycles. The van der Waals surface area contributed by atoms with E-state index in [4.69, 9.17) is 16.7 Å². The molecule has 0 amide bonds. The summed E-state index contributed by atoms with van der Waals surface area (Å²) < 4.78 is 0. The summed E-state index contributed by atoms with van der Waals surface area (Å²) in [5.41, 5.74) is 1.75. The second-order valence-electron chi connectivity index (χ2n) is 3.03. The largest absolute Gasteiger partial charge is 0.385 e. The molecule has 65 valence electrons. The van der Waals surface area contributed by atoms with Gasteiger partial charge in [-0.1, -0.05) is 43.6 Å². The Morgan fingerprint density at radius 3 is 2.58 bits per heavy atom. The molecule has 0 saturated heterocycles. The molecule has 1 radical (unpaired) electrons. The van der Waals surface area contributed by atoms with Gasteiger partial charge in [-0.2, -0.15) is 0 Å². The number of rotatable bonds is 2. The predicted molar refractivity (Wildman–Crippen MR) is 50.9 cm³/mol. The molecule has 1 rings (SSSR count). The van der Waals surface area contributed by atoms with E-state index in [-0.39, 0.29) is 0 Å². The zero-order valence-electron chi connectivity index (χ0n) is 7.21. The van der Waals surface area contributed by atoms with Crippen LogP contribution in [0.3, 0.4) is 0 Å². The lowest BCUT2D eigenvalue weighted by Gasteiger charge is -2.09. The van der Waals surface area contributed by atoms with Gasteiger partial charge in [-0.3, -0.25) is 0 Å². The molecule has 0 aromatic heterocycles. The minimum absolute atomic E-state index is 0.386. The van der Waals surface area contributed by atoms with Gasteiger partial charge in [-0.05, 0) is 11.5 Å². The average molecular weight is 184 g/mol. The Bertz CT molecular complexity index is 269. The van der Waals surface area contributed by atoms with Crippen molar-refractivity contribution in [2.75, 3.05) is 0 Å². The van der Waals surface area contributed by atoms with Crippen molar-refractivity contribution in [2.45, 2.75) is 19.8 Å². The quantitative estimate of drug-likeness (QED) is 0.746. The number of aliphatic hydroxyl groups excluding tert-OH is 1. The summed E-state index contributed by atoms with van der Waals surface area (Å²) >= 11 is 6.01. The van der Waals surface area contributed by atoms with Crippen LogP contribution in [0.25, 0.3) is 0 Å². The molecular weight excluding hydrogens is 172 g/mol. The lowest BCUT2D eigenvalue weighted by atomic mass is 10.0. The predicted octanol–water partition coefficient (Wildman–Crippen LogP) is 3.35. The summed E-state index contributed by atoms with van der Waals surface area (Å²) in [6.07, 6.45) is 0. The van der Waals surface area contributed by atoms with Crippen LogP contribution in [0.15, 0.2) is 18.2 Å². The van der Waals surface area contributed by atoms with E-state index >= 15 is 0 Å². The summed E-state index contributed by atoms with van der Waals surface area (Å²) in [5.74, 6) is 0.386. The minimum Gasteiger partial charge on any atom is -0.385 e. The van der Waals surface area contributed by atoms with Crippen LogP contribution in [0.5, 0.6) is 0 Å². The first-order valence-electron chi connectivity index (χ1n) is 3.92. The molecule has 1 N–H and O–H groups in total. The van der Waals surface area contributed by atoms with E-state index in [1.54, 1.807) is 6.07 Å². The second kappa shape index (κ2) is 3.92. The van der Waals surface area contributed by atoms with Gasteiger partial charge in [0.1, 0.15) is 6.61 Å². The van der Waals surface area contributed by atoms with Crippen molar-refractivity contribution in [2.24, 2.45) is 0 Å². The molecule has 1 aromatic rings. The first-order valence-corrected chi connectivity index (χ1v) is 4.30. The van der Waals surface area contributed by atoms with Gasteiger partial charge in [-0.25, -0.2) is 0 Å². The lowest BCUT2D eigenvalue weighted by molar-refractivity contribution is 0.415. The van der Waals surface area contributed by atoms with Crippen molar-refractivity contribution in [3.63, 3.8) is 0 Å². The van der Waals surface area contributed by atoms with Crippen LogP contribution in [0.1, 0.15) is 30.9 Å². The van der Waals surface area contributed by atoms with Crippen LogP contribution >= 0.6 is 11.6 Å². The standard InChI is InChI=1S/C10H12ClO/c1-7(2)9-5-3-4-8(6-12)10(9)11/h3-7,12H,1-2H3. The topological polar surface area (TPSA) is 20.2 Å². The molecule has 0 aliphatic heterocycles. The maximum Gasteiger partial charge on any atom is 0.111 e. The molecule has 0 aliphatic carbocycles. The zero-order chi connectivity index (χ0) is 9.14. The molecule has 0 bridgehead atoms. The van der Waals surface area contributed by atoms with Gasteiger partial charge in [0.2, 0.25) is 0 Å². The van der Waals surface area contributed by atoms with Crippen LogP contribution in [-0.4, -0.2) is 5.11 Å². The SMILES string of the molecule is CC(C)c1cccc([CH]O)c1Cl. The maximum absolute atomic E-state index is 8.82. The van der Waals surface area contributed by atoms with E-state index in [1.165, 1.54) is 0 Å². The molecule has 0 atom stereocenters. The van der Waals surface area contributed by atoms with E-state index < -0.39 is 0 Å². The number of hydrogen-bond acceptors (Lipinski definition) is 1. The van der Waals surface area contributed by atoms with Gasteiger partial charge >= 0.3 is 0 Å². The Kier molecular flexibility index (Phi) is 3.12. The van der Waals surface area contributed by atoms with Crippen LogP contribution in [-0.2, 0) is 0 Å². The van der Waals surface area contributed by atoms with Gasteiger partial charge < -0.3 is 5.11 Å². The van der Waals surface area contributed by atoms with Crippen molar-refractivity contribution >= 4 is 11.6 Å². The van der Waals surface area contributed by atoms with Crippen molar-refractivity contribution in [3.05, 3.63) is 41.0 Å². The normalized spacial score (nSPS) is 10.8. The molecule has 0 spiro atoms. The molecule has 0 aliphatic rings. The van der Waals surface area contributed by atoms with Crippen LogP contribution in [0.2, 0.25) is 5.02 Å². The van der Waals surface area contributed by atoms with Crippen molar-refractivity contribution in [3.8, 4) is 0 Å².